The molecule has 5 heteroatoms. The minimum Gasteiger partial charge on any atom is -0.508 e. The van der Waals surface area contributed by atoms with Gasteiger partial charge < -0.3 is 15.6 Å². The number of nitrogens with zero attached hydrogens (tertiary/aromatic N) is 2. The molecule has 0 aliphatic rings. The van der Waals surface area contributed by atoms with Gasteiger partial charge in [0.25, 0.3) is 0 Å². The molecule has 1 aromatic carbocycles. The Hall–Kier alpha value is -2.17. The third kappa shape index (κ3) is 2.69. The SMILES string of the molecule is CCn1nc(N)cc1COc1cccc(O)c1. The Kier molecular flexibility index (Phi) is 3.18. The summed E-state index contributed by atoms with van der Waals surface area (Å²) < 4.78 is 7.34. The first-order valence-electron chi connectivity index (χ1n) is 5.43. The molecule has 2 aromatic rings. The highest BCUT2D eigenvalue weighted by atomic mass is 16.5. The van der Waals surface area contributed by atoms with Gasteiger partial charge in [-0.15, -0.1) is 0 Å². The van der Waals surface area contributed by atoms with Crippen LogP contribution in [0.3, 0.4) is 0 Å². The molecule has 17 heavy (non-hydrogen) atoms. The van der Waals surface area contributed by atoms with E-state index < -0.39 is 0 Å². The van der Waals surface area contributed by atoms with Gasteiger partial charge in [0.05, 0.1) is 5.69 Å². The zero-order chi connectivity index (χ0) is 12.3. The Morgan fingerprint density at radius 2 is 2.24 bits per heavy atom. The number of ether oxygens (including phenoxy) is 1. The van der Waals surface area contributed by atoms with E-state index in [2.05, 4.69) is 5.10 Å². The van der Waals surface area contributed by atoms with Crippen molar-refractivity contribution in [2.75, 3.05) is 5.73 Å². The van der Waals surface area contributed by atoms with Gasteiger partial charge in [0.15, 0.2) is 0 Å². The second-order valence-electron chi connectivity index (χ2n) is 3.66. The predicted molar refractivity (Wildman–Crippen MR) is 64.8 cm³/mol. The molecule has 2 rings (SSSR count). The number of phenolic OH excluding ortho intramolecular Hbond substituents is 1. The van der Waals surface area contributed by atoms with Crippen molar-refractivity contribution in [3.05, 3.63) is 36.0 Å². The maximum absolute atomic E-state index is 9.30. The first-order chi connectivity index (χ1) is 8.19. The topological polar surface area (TPSA) is 73.3 Å². The number of nitrogens with two attached hydrogens (primary N) is 1. The second-order valence-corrected chi connectivity index (χ2v) is 3.66. The molecular formula is C12H15N3O2. The fraction of sp³-hybridized carbons (Fsp3) is 0.250. The lowest BCUT2D eigenvalue weighted by molar-refractivity contribution is 0.291. The highest BCUT2D eigenvalue weighted by Gasteiger charge is 2.05. The van der Waals surface area contributed by atoms with Crippen LogP contribution in [0, 0.1) is 0 Å². The van der Waals surface area contributed by atoms with E-state index in [1.807, 2.05) is 6.92 Å². The number of hydrogen-bond acceptors (Lipinski definition) is 4. The number of aromatic hydroxyl groups is 1. The summed E-state index contributed by atoms with van der Waals surface area (Å²) in [6.45, 7) is 3.11. The van der Waals surface area contributed by atoms with E-state index in [9.17, 15) is 5.11 Å². The van der Waals surface area contributed by atoms with E-state index in [0.29, 0.717) is 18.2 Å². The summed E-state index contributed by atoms with van der Waals surface area (Å²) in [5.74, 6) is 1.29. The molecule has 0 spiro atoms. The third-order valence-electron chi connectivity index (χ3n) is 2.39. The number of aromatic nitrogens is 2. The standard InChI is InChI=1S/C12H15N3O2/c1-2-15-9(6-12(13)14-15)8-17-11-5-3-4-10(16)7-11/h3-7,16H,2,8H2,1H3,(H2,13,14). The molecule has 0 atom stereocenters. The molecule has 90 valence electrons. The fourth-order valence-electron chi connectivity index (χ4n) is 1.60. The van der Waals surface area contributed by atoms with Crippen molar-refractivity contribution in [3.8, 4) is 11.5 Å². The van der Waals surface area contributed by atoms with Crippen molar-refractivity contribution in [3.63, 3.8) is 0 Å². The summed E-state index contributed by atoms with van der Waals surface area (Å²) in [6, 6.07) is 8.47. The molecule has 5 nitrogen and oxygen atoms in total. The Labute approximate surface area is 99.4 Å². The van der Waals surface area contributed by atoms with E-state index in [1.54, 1.807) is 35.0 Å². The molecule has 0 radical (unpaired) electrons. The maximum Gasteiger partial charge on any atom is 0.145 e. The molecule has 0 aliphatic carbocycles. The summed E-state index contributed by atoms with van der Waals surface area (Å²) >= 11 is 0. The minimum atomic E-state index is 0.186. The van der Waals surface area contributed by atoms with Gasteiger partial charge in [0, 0.05) is 18.7 Å². The number of anilines is 1. The fourth-order valence-corrected chi connectivity index (χ4v) is 1.60. The number of hydrogen-bond donors (Lipinski definition) is 2. The highest BCUT2D eigenvalue weighted by molar-refractivity contribution is 5.33. The predicted octanol–water partition coefficient (Wildman–Crippen LogP) is 1.77. The first kappa shape index (κ1) is 11.3. The number of aryl methyl sites for hydroxylation is 1. The molecule has 0 aliphatic heterocycles. The molecule has 0 fully saturated rings. The van der Waals surface area contributed by atoms with E-state index in [1.165, 1.54) is 0 Å². The molecular weight excluding hydrogens is 218 g/mol. The number of rotatable bonds is 4. The highest BCUT2D eigenvalue weighted by Crippen LogP contribution is 2.19. The van der Waals surface area contributed by atoms with Gasteiger partial charge >= 0.3 is 0 Å². The Bertz CT molecular complexity index is 508. The summed E-state index contributed by atoms with van der Waals surface area (Å²) in [7, 11) is 0. The number of nitrogen functional groups attached to an aromatic ring is 1. The lowest BCUT2D eigenvalue weighted by Gasteiger charge is -2.07. The van der Waals surface area contributed by atoms with Crippen molar-refractivity contribution >= 4 is 5.82 Å². The zero-order valence-electron chi connectivity index (χ0n) is 9.63. The maximum atomic E-state index is 9.30. The smallest absolute Gasteiger partial charge is 0.145 e. The lowest BCUT2D eigenvalue weighted by Crippen LogP contribution is -2.06. The van der Waals surface area contributed by atoms with Crippen LogP contribution in [0.4, 0.5) is 5.82 Å². The average molecular weight is 233 g/mol. The lowest BCUT2D eigenvalue weighted by atomic mass is 10.3. The van der Waals surface area contributed by atoms with E-state index in [4.69, 9.17) is 10.5 Å². The normalized spacial score (nSPS) is 10.4. The van der Waals surface area contributed by atoms with Gasteiger partial charge in [0.1, 0.15) is 23.9 Å². The van der Waals surface area contributed by atoms with Crippen LogP contribution in [0.25, 0.3) is 0 Å². The van der Waals surface area contributed by atoms with Crippen molar-refractivity contribution in [1.29, 1.82) is 0 Å². The number of benzene rings is 1. The van der Waals surface area contributed by atoms with Crippen LogP contribution in [-0.4, -0.2) is 14.9 Å². The number of phenols is 1. The van der Waals surface area contributed by atoms with Gasteiger partial charge in [-0.05, 0) is 19.1 Å². The third-order valence-corrected chi connectivity index (χ3v) is 2.39. The van der Waals surface area contributed by atoms with Gasteiger partial charge in [-0.25, -0.2) is 0 Å². The van der Waals surface area contributed by atoms with E-state index in [-0.39, 0.29) is 5.75 Å². The van der Waals surface area contributed by atoms with E-state index in [0.717, 1.165) is 12.2 Å². The van der Waals surface area contributed by atoms with Crippen LogP contribution in [0.1, 0.15) is 12.6 Å². The molecule has 1 heterocycles. The largest absolute Gasteiger partial charge is 0.508 e. The van der Waals surface area contributed by atoms with Crippen molar-refractivity contribution in [2.24, 2.45) is 0 Å². The Morgan fingerprint density at radius 3 is 2.94 bits per heavy atom. The quantitative estimate of drug-likeness (QED) is 0.844. The molecule has 0 saturated carbocycles. The molecule has 3 N–H and O–H groups in total. The molecule has 0 amide bonds. The van der Waals surface area contributed by atoms with Crippen LogP contribution in [0.5, 0.6) is 11.5 Å². The van der Waals surface area contributed by atoms with E-state index >= 15 is 0 Å². The van der Waals surface area contributed by atoms with Crippen molar-refractivity contribution < 1.29 is 9.84 Å². The van der Waals surface area contributed by atoms with Gasteiger partial charge in [-0.2, -0.15) is 5.10 Å². The first-order valence-corrected chi connectivity index (χ1v) is 5.43. The Morgan fingerprint density at radius 1 is 1.41 bits per heavy atom. The van der Waals surface area contributed by atoms with Crippen molar-refractivity contribution in [1.82, 2.24) is 9.78 Å². The summed E-state index contributed by atoms with van der Waals surface area (Å²) in [4.78, 5) is 0. The van der Waals surface area contributed by atoms with Crippen LogP contribution < -0.4 is 10.5 Å². The summed E-state index contributed by atoms with van der Waals surface area (Å²) in [5, 5.41) is 13.4. The van der Waals surface area contributed by atoms with Gasteiger partial charge in [0.2, 0.25) is 0 Å². The average Bonchev–Trinajstić information content (AvgIpc) is 2.67. The van der Waals surface area contributed by atoms with Gasteiger partial charge in [-0.3, -0.25) is 4.68 Å². The van der Waals surface area contributed by atoms with Crippen LogP contribution in [-0.2, 0) is 13.2 Å². The van der Waals surface area contributed by atoms with Gasteiger partial charge in [-0.1, -0.05) is 6.07 Å². The molecule has 1 aromatic heterocycles. The molecule has 0 saturated heterocycles. The van der Waals surface area contributed by atoms with Crippen LogP contribution in [0.15, 0.2) is 30.3 Å². The monoisotopic (exact) mass is 233 g/mol. The second kappa shape index (κ2) is 4.78. The molecule has 0 bridgehead atoms. The molecule has 0 unspecified atom stereocenters. The summed E-state index contributed by atoms with van der Waals surface area (Å²) in [5.41, 5.74) is 6.53. The van der Waals surface area contributed by atoms with Crippen LogP contribution in [0.2, 0.25) is 0 Å². The van der Waals surface area contributed by atoms with Crippen molar-refractivity contribution in [2.45, 2.75) is 20.1 Å². The zero-order valence-corrected chi connectivity index (χ0v) is 9.63. The summed E-state index contributed by atoms with van der Waals surface area (Å²) in [6.07, 6.45) is 0. The minimum absolute atomic E-state index is 0.186. The van der Waals surface area contributed by atoms with Crippen LogP contribution >= 0.6 is 0 Å². The Balaban J connectivity index is 2.06.